The molecule has 0 saturated carbocycles. The van der Waals surface area contributed by atoms with Crippen LogP contribution in [-0.4, -0.2) is 28.4 Å². The number of benzene rings is 1. The number of halogens is 1. The van der Waals surface area contributed by atoms with Crippen LogP contribution < -0.4 is 0 Å². The molecule has 1 atom stereocenters. The van der Waals surface area contributed by atoms with Crippen LogP contribution in [0.5, 0.6) is 0 Å². The average Bonchev–Trinajstić information content (AvgIpc) is 2.30. The van der Waals surface area contributed by atoms with Gasteiger partial charge in [0.1, 0.15) is 0 Å². The Morgan fingerprint density at radius 2 is 2.00 bits per heavy atom. The molecule has 1 amide bonds. The lowest BCUT2D eigenvalue weighted by Crippen LogP contribution is -2.38. The van der Waals surface area contributed by atoms with Gasteiger partial charge in [-0.05, 0) is 12.5 Å². The molecular weight excluding hydrogens is 298 g/mol. The van der Waals surface area contributed by atoms with Crippen LogP contribution in [0, 0.1) is 0 Å². The molecule has 0 aliphatic heterocycles. The lowest BCUT2D eigenvalue weighted by atomic mass is 10.1. The summed E-state index contributed by atoms with van der Waals surface area (Å²) in [5.74, 6) is -1.26. The minimum atomic E-state index is -1.02. The van der Waals surface area contributed by atoms with E-state index in [1.54, 1.807) is 18.2 Å². The van der Waals surface area contributed by atoms with Crippen molar-refractivity contribution < 1.29 is 14.7 Å². The molecule has 0 aromatic heterocycles. The van der Waals surface area contributed by atoms with Gasteiger partial charge >= 0.3 is 5.97 Å². The SMILES string of the molecule is CCCN(C(C)=O)C(C(=O)O)c1ccccc1Br. The highest BCUT2D eigenvalue weighted by Gasteiger charge is 2.30. The van der Waals surface area contributed by atoms with Crippen molar-refractivity contribution in [1.29, 1.82) is 0 Å². The first-order valence-electron chi connectivity index (χ1n) is 5.73. The van der Waals surface area contributed by atoms with Crippen molar-refractivity contribution in [3.05, 3.63) is 34.3 Å². The summed E-state index contributed by atoms with van der Waals surface area (Å²) < 4.78 is 0.694. The standard InChI is InChI=1S/C13H16BrNO3/c1-3-8-15(9(2)16)12(13(17)18)10-6-4-5-7-11(10)14/h4-7,12H,3,8H2,1-2H3,(H,17,18). The van der Waals surface area contributed by atoms with E-state index in [2.05, 4.69) is 15.9 Å². The largest absolute Gasteiger partial charge is 0.479 e. The lowest BCUT2D eigenvalue weighted by Gasteiger charge is -2.28. The third-order valence-corrected chi connectivity index (χ3v) is 3.34. The second kappa shape index (κ2) is 6.54. The Morgan fingerprint density at radius 1 is 1.39 bits per heavy atom. The number of aliphatic carboxylic acids is 1. The number of hydrogen-bond donors (Lipinski definition) is 1. The molecule has 0 radical (unpaired) electrons. The normalized spacial score (nSPS) is 11.9. The van der Waals surface area contributed by atoms with Gasteiger partial charge in [-0.2, -0.15) is 0 Å². The van der Waals surface area contributed by atoms with Gasteiger partial charge in [-0.3, -0.25) is 4.79 Å². The van der Waals surface area contributed by atoms with E-state index >= 15 is 0 Å². The Balaban J connectivity index is 3.20. The van der Waals surface area contributed by atoms with E-state index in [1.807, 2.05) is 13.0 Å². The van der Waals surface area contributed by atoms with E-state index in [-0.39, 0.29) is 5.91 Å². The quantitative estimate of drug-likeness (QED) is 0.909. The Hall–Kier alpha value is -1.36. The fourth-order valence-corrected chi connectivity index (χ4v) is 2.34. The van der Waals surface area contributed by atoms with E-state index in [9.17, 15) is 14.7 Å². The van der Waals surface area contributed by atoms with Crippen LogP contribution in [0.3, 0.4) is 0 Å². The Kier molecular flexibility index (Phi) is 5.34. The van der Waals surface area contributed by atoms with Crippen molar-refractivity contribution in [2.75, 3.05) is 6.54 Å². The van der Waals surface area contributed by atoms with Gasteiger partial charge in [0, 0.05) is 23.5 Å². The smallest absolute Gasteiger partial charge is 0.331 e. The van der Waals surface area contributed by atoms with Crippen molar-refractivity contribution in [2.24, 2.45) is 0 Å². The minimum Gasteiger partial charge on any atom is -0.479 e. The third-order valence-electron chi connectivity index (χ3n) is 2.61. The summed E-state index contributed by atoms with van der Waals surface area (Å²) in [6, 6.07) is 6.12. The molecule has 1 aromatic carbocycles. The van der Waals surface area contributed by atoms with Crippen LogP contribution in [0.2, 0.25) is 0 Å². The van der Waals surface area contributed by atoms with Gasteiger partial charge in [-0.15, -0.1) is 0 Å². The molecule has 5 heteroatoms. The summed E-state index contributed by atoms with van der Waals surface area (Å²) in [7, 11) is 0. The van der Waals surface area contributed by atoms with Crippen molar-refractivity contribution in [3.63, 3.8) is 0 Å². The molecule has 0 heterocycles. The number of amides is 1. The molecule has 0 saturated heterocycles. The maximum absolute atomic E-state index is 11.6. The van der Waals surface area contributed by atoms with E-state index < -0.39 is 12.0 Å². The number of nitrogens with zero attached hydrogens (tertiary/aromatic N) is 1. The molecule has 0 aliphatic carbocycles. The van der Waals surface area contributed by atoms with E-state index in [1.165, 1.54) is 11.8 Å². The number of rotatable bonds is 5. The van der Waals surface area contributed by atoms with Crippen molar-refractivity contribution in [3.8, 4) is 0 Å². The Morgan fingerprint density at radius 3 is 2.44 bits per heavy atom. The predicted octanol–water partition coefficient (Wildman–Crippen LogP) is 2.83. The molecule has 1 unspecified atom stereocenters. The molecule has 0 spiro atoms. The third kappa shape index (κ3) is 3.32. The zero-order valence-corrected chi connectivity index (χ0v) is 12.0. The zero-order valence-electron chi connectivity index (χ0n) is 10.4. The van der Waals surface area contributed by atoms with Crippen LogP contribution in [0.25, 0.3) is 0 Å². The second-order valence-electron chi connectivity index (χ2n) is 3.97. The molecule has 1 N–H and O–H groups in total. The first-order chi connectivity index (χ1) is 8.49. The van der Waals surface area contributed by atoms with Gasteiger partial charge in [-0.1, -0.05) is 41.1 Å². The van der Waals surface area contributed by atoms with Crippen molar-refractivity contribution in [2.45, 2.75) is 26.3 Å². The minimum absolute atomic E-state index is 0.236. The number of carbonyl (C=O) groups is 2. The van der Waals surface area contributed by atoms with E-state index in [4.69, 9.17) is 0 Å². The van der Waals surface area contributed by atoms with Crippen LogP contribution in [0.15, 0.2) is 28.7 Å². The molecule has 98 valence electrons. The zero-order chi connectivity index (χ0) is 13.7. The summed E-state index contributed by atoms with van der Waals surface area (Å²) >= 11 is 3.33. The van der Waals surface area contributed by atoms with Crippen molar-refractivity contribution in [1.82, 2.24) is 4.90 Å². The van der Waals surface area contributed by atoms with Gasteiger partial charge in [0.05, 0.1) is 0 Å². The molecule has 4 nitrogen and oxygen atoms in total. The molecule has 1 aromatic rings. The van der Waals surface area contributed by atoms with Crippen molar-refractivity contribution >= 4 is 27.8 Å². The first-order valence-corrected chi connectivity index (χ1v) is 6.52. The first kappa shape index (κ1) is 14.7. The lowest BCUT2D eigenvalue weighted by molar-refractivity contribution is -0.149. The van der Waals surface area contributed by atoms with Gasteiger partial charge < -0.3 is 10.0 Å². The summed E-state index contributed by atoms with van der Waals surface area (Å²) in [5.41, 5.74) is 0.591. The fraction of sp³-hybridized carbons (Fsp3) is 0.385. The van der Waals surface area contributed by atoms with Gasteiger partial charge in [0.25, 0.3) is 0 Å². The molecule has 1 rings (SSSR count). The maximum Gasteiger partial charge on any atom is 0.331 e. The van der Waals surface area contributed by atoms with Crippen LogP contribution in [0.4, 0.5) is 0 Å². The molecule has 18 heavy (non-hydrogen) atoms. The van der Waals surface area contributed by atoms with Gasteiger partial charge in [0.2, 0.25) is 5.91 Å². The number of carbonyl (C=O) groups excluding carboxylic acids is 1. The molecule has 0 fully saturated rings. The average molecular weight is 314 g/mol. The number of hydrogen-bond acceptors (Lipinski definition) is 2. The monoisotopic (exact) mass is 313 g/mol. The van der Waals surface area contributed by atoms with Crippen LogP contribution in [0.1, 0.15) is 31.9 Å². The van der Waals surface area contributed by atoms with Crippen LogP contribution in [-0.2, 0) is 9.59 Å². The topological polar surface area (TPSA) is 57.6 Å². The fourth-order valence-electron chi connectivity index (χ4n) is 1.84. The summed E-state index contributed by atoms with van der Waals surface area (Å²) in [6.07, 6.45) is 0.716. The van der Waals surface area contributed by atoms with E-state index in [0.29, 0.717) is 23.0 Å². The highest BCUT2D eigenvalue weighted by atomic mass is 79.9. The number of carboxylic acid groups (broad SMARTS) is 1. The van der Waals surface area contributed by atoms with E-state index in [0.717, 1.165) is 0 Å². The summed E-state index contributed by atoms with van der Waals surface area (Å²) in [5, 5.41) is 9.38. The van der Waals surface area contributed by atoms with Gasteiger partial charge in [-0.25, -0.2) is 4.79 Å². The highest BCUT2D eigenvalue weighted by molar-refractivity contribution is 9.10. The molecular formula is C13H16BrNO3. The molecule has 0 aliphatic rings. The maximum atomic E-state index is 11.6. The second-order valence-corrected chi connectivity index (χ2v) is 4.83. The number of carboxylic acids is 1. The Bertz CT molecular complexity index is 448. The highest BCUT2D eigenvalue weighted by Crippen LogP contribution is 2.28. The van der Waals surface area contributed by atoms with Gasteiger partial charge in [0.15, 0.2) is 6.04 Å². The Labute approximate surface area is 115 Å². The predicted molar refractivity (Wildman–Crippen MR) is 72.2 cm³/mol. The summed E-state index contributed by atoms with van der Waals surface area (Å²) in [4.78, 5) is 24.4. The molecule has 0 bridgehead atoms. The summed E-state index contributed by atoms with van der Waals surface area (Å²) in [6.45, 7) is 3.73. The van der Waals surface area contributed by atoms with Crippen LogP contribution >= 0.6 is 15.9 Å².